The SMILES string of the molecule is CNC(C)C1(Cc2ccc(OC)c(Br)c2)CC1. The molecule has 0 bridgehead atoms. The van der Waals surface area contributed by atoms with Crippen molar-refractivity contribution >= 4 is 15.9 Å². The van der Waals surface area contributed by atoms with Crippen LogP contribution < -0.4 is 10.1 Å². The summed E-state index contributed by atoms with van der Waals surface area (Å²) in [6.07, 6.45) is 3.81. The van der Waals surface area contributed by atoms with Crippen molar-refractivity contribution < 1.29 is 4.74 Å². The lowest BCUT2D eigenvalue weighted by Gasteiger charge is -2.23. The van der Waals surface area contributed by atoms with Crippen molar-refractivity contribution in [3.63, 3.8) is 0 Å². The molecule has 2 nitrogen and oxygen atoms in total. The Hall–Kier alpha value is -0.540. The number of methoxy groups -OCH3 is 1. The van der Waals surface area contributed by atoms with E-state index in [0.29, 0.717) is 11.5 Å². The molecule has 17 heavy (non-hydrogen) atoms. The Balaban J connectivity index is 2.12. The molecule has 1 aromatic rings. The first-order valence-corrected chi connectivity index (χ1v) is 6.90. The zero-order valence-electron chi connectivity index (χ0n) is 10.7. The first-order chi connectivity index (χ1) is 8.11. The minimum atomic E-state index is 0.475. The number of rotatable bonds is 5. The topological polar surface area (TPSA) is 21.3 Å². The number of nitrogens with one attached hydrogen (secondary N) is 1. The normalized spacial score (nSPS) is 18.8. The van der Waals surface area contributed by atoms with Crippen LogP contribution in [0.3, 0.4) is 0 Å². The second kappa shape index (κ2) is 4.99. The summed E-state index contributed by atoms with van der Waals surface area (Å²) >= 11 is 3.55. The molecule has 1 fully saturated rings. The Morgan fingerprint density at radius 3 is 2.65 bits per heavy atom. The zero-order chi connectivity index (χ0) is 12.5. The zero-order valence-corrected chi connectivity index (χ0v) is 12.3. The molecule has 0 amide bonds. The Labute approximate surface area is 112 Å². The van der Waals surface area contributed by atoms with E-state index in [9.17, 15) is 0 Å². The molecule has 0 spiro atoms. The van der Waals surface area contributed by atoms with Gasteiger partial charge in [0.15, 0.2) is 0 Å². The molecule has 0 radical (unpaired) electrons. The second-order valence-corrected chi connectivity index (χ2v) is 5.87. The van der Waals surface area contributed by atoms with E-state index in [1.807, 2.05) is 6.07 Å². The lowest BCUT2D eigenvalue weighted by Crippen LogP contribution is -2.33. The summed E-state index contributed by atoms with van der Waals surface area (Å²) in [5.74, 6) is 0.903. The van der Waals surface area contributed by atoms with Gasteiger partial charge in [0.1, 0.15) is 5.75 Å². The van der Waals surface area contributed by atoms with Gasteiger partial charge in [-0.15, -0.1) is 0 Å². The van der Waals surface area contributed by atoms with Crippen LogP contribution in [0.15, 0.2) is 22.7 Å². The summed E-state index contributed by atoms with van der Waals surface area (Å²) in [6, 6.07) is 6.98. The number of halogens is 1. The fraction of sp³-hybridized carbons (Fsp3) is 0.571. The standard InChI is InChI=1S/C14H20BrNO/c1-10(16-2)14(6-7-14)9-11-4-5-13(17-3)12(15)8-11/h4-5,8,10,16H,6-7,9H2,1-3H3. The molecule has 0 heterocycles. The number of hydrogen-bond acceptors (Lipinski definition) is 2. The Morgan fingerprint density at radius 2 is 2.18 bits per heavy atom. The van der Waals surface area contributed by atoms with Crippen molar-refractivity contribution in [1.82, 2.24) is 5.32 Å². The van der Waals surface area contributed by atoms with Crippen molar-refractivity contribution in [1.29, 1.82) is 0 Å². The molecule has 2 rings (SSSR count). The fourth-order valence-electron chi connectivity index (χ4n) is 2.46. The van der Waals surface area contributed by atoms with E-state index in [-0.39, 0.29) is 0 Å². The minimum Gasteiger partial charge on any atom is -0.496 e. The Morgan fingerprint density at radius 1 is 1.47 bits per heavy atom. The molecule has 1 aromatic carbocycles. The second-order valence-electron chi connectivity index (χ2n) is 5.02. The van der Waals surface area contributed by atoms with Gasteiger partial charge < -0.3 is 10.1 Å². The predicted octanol–water partition coefficient (Wildman–Crippen LogP) is 3.39. The number of benzene rings is 1. The van der Waals surface area contributed by atoms with E-state index in [4.69, 9.17) is 4.74 Å². The van der Waals surface area contributed by atoms with Crippen LogP contribution in [0, 0.1) is 5.41 Å². The molecule has 1 aliphatic carbocycles. The Bertz CT molecular complexity index is 401. The maximum absolute atomic E-state index is 5.26. The average molecular weight is 298 g/mol. The third-order valence-electron chi connectivity index (χ3n) is 4.02. The van der Waals surface area contributed by atoms with Crippen LogP contribution in [0.25, 0.3) is 0 Å². The van der Waals surface area contributed by atoms with Crippen molar-refractivity contribution in [2.75, 3.05) is 14.2 Å². The van der Waals surface area contributed by atoms with Crippen molar-refractivity contribution in [2.45, 2.75) is 32.2 Å². The molecule has 3 heteroatoms. The van der Waals surface area contributed by atoms with Crippen molar-refractivity contribution in [3.05, 3.63) is 28.2 Å². The Kier molecular flexibility index (Phi) is 3.79. The molecule has 0 saturated heterocycles. The molecule has 0 aromatic heterocycles. The largest absolute Gasteiger partial charge is 0.496 e. The van der Waals surface area contributed by atoms with Crippen LogP contribution in [0.4, 0.5) is 0 Å². The minimum absolute atomic E-state index is 0.475. The maximum atomic E-state index is 5.26. The first-order valence-electron chi connectivity index (χ1n) is 6.11. The van der Waals surface area contributed by atoms with Gasteiger partial charge in [0, 0.05) is 6.04 Å². The highest BCUT2D eigenvalue weighted by Gasteiger charge is 2.46. The van der Waals surface area contributed by atoms with Crippen molar-refractivity contribution in [2.24, 2.45) is 5.41 Å². The first kappa shape index (κ1) is 12.9. The summed E-state index contributed by atoms with van der Waals surface area (Å²) in [6.45, 7) is 2.28. The summed E-state index contributed by atoms with van der Waals surface area (Å²) in [5.41, 5.74) is 1.86. The highest BCUT2D eigenvalue weighted by molar-refractivity contribution is 9.10. The van der Waals surface area contributed by atoms with Gasteiger partial charge in [-0.05, 0) is 72.3 Å². The lowest BCUT2D eigenvalue weighted by atomic mass is 9.90. The molecular weight excluding hydrogens is 278 g/mol. The maximum Gasteiger partial charge on any atom is 0.133 e. The fourth-order valence-corrected chi connectivity index (χ4v) is 3.04. The molecule has 1 saturated carbocycles. The summed E-state index contributed by atoms with van der Waals surface area (Å²) in [4.78, 5) is 0. The van der Waals surface area contributed by atoms with E-state index in [0.717, 1.165) is 16.6 Å². The molecule has 1 aliphatic rings. The third kappa shape index (κ3) is 2.66. The van der Waals surface area contributed by atoms with Gasteiger partial charge >= 0.3 is 0 Å². The molecule has 1 N–H and O–H groups in total. The third-order valence-corrected chi connectivity index (χ3v) is 4.64. The van der Waals surface area contributed by atoms with E-state index in [1.165, 1.54) is 18.4 Å². The van der Waals surface area contributed by atoms with Crippen LogP contribution in [0.2, 0.25) is 0 Å². The van der Waals surface area contributed by atoms with Gasteiger partial charge in [0.2, 0.25) is 0 Å². The number of hydrogen-bond donors (Lipinski definition) is 1. The molecule has 1 unspecified atom stereocenters. The summed E-state index contributed by atoms with van der Waals surface area (Å²) in [7, 11) is 3.75. The van der Waals surface area contributed by atoms with E-state index in [1.54, 1.807) is 7.11 Å². The summed E-state index contributed by atoms with van der Waals surface area (Å²) < 4.78 is 6.30. The van der Waals surface area contributed by atoms with Gasteiger partial charge in [-0.3, -0.25) is 0 Å². The van der Waals surface area contributed by atoms with Gasteiger partial charge in [0.05, 0.1) is 11.6 Å². The van der Waals surface area contributed by atoms with Crippen LogP contribution in [-0.2, 0) is 6.42 Å². The lowest BCUT2D eigenvalue weighted by molar-refractivity contribution is 0.369. The average Bonchev–Trinajstić information content (AvgIpc) is 3.09. The number of ether oxygens (including phenoxy) is 1. The smallest absolute Gasteiger partial charge is 0.133 e. The molecular formula is C14H20BrNO. The molecule has 94 valence electrons. The van der Waals surface area contributed by atoms with E-state index in [2.05, 4.69) is 47.4 Å². The molecule has 0 aliphatic heterocycles. The molecule has 1 atom stereocenters. The predicted molar refractivity (Wildman–Crippen MR) is 74.6 cm³/mol. The highest BCUT2D eigenvalue weighted by Crippen LogP contribution is 2.51. The monoisotopic (exact) mass is 297 g/mol. The van der Waals surface area contributed by atoms with Gasteiger partial charge in [-0.2, -0.15) is 0 Å². The van der Waals surface area contributed by atoms with Gasteiger partial charge in [-0.1, -0.05) is 6.07 Å². The van der Waals surface area contributed by atoms with Gasteiger partial charge in [0.25, 0.3) is 0 Å². The van der Waals surface area contributed by atoms with Crippen LogP contribution >= 0.6 is 15.9 Å². The van der Waals surface area contributed by atoms with Crippen LogP contribution in [0.1, 0.15) is 25.3 Å². The van der Waals surface area contributed by atoms with Crippen LogP contribution in [0.5, 0.6) is 5.75 Å². The van der Waals surface area contributed by atoms with E-state index < -0.39 is 0 Å². The highest BCUT2D eigenvalue weighted by atomic mass is 79.9. The summed E-state index contributed by atoms with van der Waals surface area (Å²) in [5, 5.41) is 3.39. The quantitative estimate of drug-likeness (QED) is 0.899. The van der Waals surface area contributed by atoms with Crippen molar-refractivity contribution in [3.8, 4) is 5.75 Å². The van der Waals surface area contributed by atoms with Gasteiger partial charge in [-0.25, -0.2) is 0 Å². The van der Waals surface area contributed by atoms with Crippen LogP contribution in [-0.4, -0.2) is 20.2 Å². The van der Waals surface area contributed by atoms with E-state index >= 15 is 0 Å².